The summed E-state index contributed by atoms with van der Waals surface area (Å²) in [6, 6.07) is 28.0. The van der Waals surface area contributed by atoms with Crippen molar-refractivity contribution in [1.82, 2.24) is 0 Å². The van der Waals surface area contributed by atoms with E-state index in [9.17, 15) is 5.11 Å². The summed E-state index contributed by atoms with van der Waals surface area (Å²) < 4.78 is 0. The van der Waals surface area contributed by atoms with Crippen LogP contribution in [0.3, 0.4) is 0 Å². The zero-order valence-electron chi connectivity index (χ0n) is 15.2. The highest BCUT2D eigenvalue weighted by Crippen LogP contribution is 2.25. The van der Waals surface area contributed by atoms with Gasteiger partial charge < -0.3 is 5.11 Å². The first-order valence-corrected chi connectivity index (χ1v) is 10.2. The number of benzene rings is 3. The summed E-state index contributed by atoms with van der Waals surface area (Å²) in [4.78, 5) is 0. The van der Waals surface area contributed by atoms with Crippen molar-refractivity contribution in [1.29, 1.82) is 0 Å². The maximum atomic E-state index is 9.94. The van der Waals surface area contributed by atoms with Gasteiger partial charge in [0.05, 0.1) is 6.61 Å². The lowest BCUT2D eigenvalue weighted by Gasteiger charge is -2.29. The Bertz CT molecular complexity index is 780. The van der Waals surface area contributed by atoms with Gasteiger partial charge in [-0.2, -0.15) is 0 Å². The van der Waals surface area contributed by atoms with E-state index in [4.69, 9.17) is 0 Å². The van der Waals surface area contributed by atoms with Crippen LogP contribution in [0.5, 0.6) is 0 Å². The van der Waals surface area contributed by atoms with E-state index in [1.807, 2.05) is 0 Å². The number of aliphatic hydroxyl groups excluding tert-OH is 1. The van der Waals surface area contributed by atoms with E-state index < -0.39 is 8.80 Å². The highest BCUT2D eigenvalue weighted by Gasteiger charge is 2.28. The van der Waals surface area contributed by atoms with Gasteiger partial charge in [-0.25, -0.2) is 0 Å². The normalized spacial score (nSPS) is 11.7. The zero-order chi connectivity index (χ0) is 17.9. The third-order valence-electron chi connectivity index (χ3n) is 4.47. The summed E-state index contributed by atoms with van der Waals surface area (Å²) in [5.41, 5.74) is 2.31. The number of hydrogen-bond donors (Lipinski definition) is 1. The van der Waals surface area contributed by atoms with Crippen LogP contribution in [0.1, 0.15) is 31.9 Å². The van der Waals surface area contributed by atoms with Gasteiger partial charge in [0.2, 0.25) is 0 Å². The molecular formula is C23H25OSi. The van der Waals surface area contributed by atoms with E-state index >= 15 is 0 Å². The average Bonchev–Trinajstić information content (AvgIpc) is 2.62. The molecule has 127 valence electrons. The molecule has 0 aliphatic carbocycles. The van der Waals surface area contributed by atoms with Crippen molar-refractivity contribution >= 4 is 24.4 Å². The molecule has 0 fully saturated rings. The van der Waals surface area contributed by atoms with Gasteiger partial charge in [0.25, 0.3) is 0 Å². The summed E-state index contributed by atoms with van der Waals surface area (Å²) in [7, 11) is -1.13. The molecule has 0 saturated heterocycles. The molecule has 3 rings (SSSR count). The molecule has 0 spiro atoms. The first-order valence-electron chi connectivity index (χ1n) is 8.74. The zero-order valence-corrected chi connectivity index (χ0v) is 16.2. The quantitative estimate of drug-likeness (QED) is 0.569. The second-order valence-electron chi connectivity index (χ2n) is 7.35. The Kier molecular flexibility index (Phi) is 5.21. The summed E-state index contributed by atoms with van der Waals surface area (Å²) in [5, 5.41) is 14.1. The number of aliphatic hydroxyl groups is 1. The van der Waals surface area contributed by atoms with Crippen LogP contribution in [0.2, 0.25) is 0 Å². The molecule has 25 heavy (non-hydrogen) atoms. The molecule has 2 heteroatoms. The van der Waals surface area contributed by atoms with Crippen LogP contribution < -0.4 is 15.6 Å². The van der Waals surface area contributed by atoms with Crippen molar-refractivity contribution in [2.45, 2.75) is 32.8 Å². The van der Waals surface area contributed by atoms with E-state index in [0.717, 1.165) is 5.56 Å². The fourth-order valence-corrected chi connectivity index (χ4v) is 6.57. The molecule has 3 aromatic rings. The van der Waals surface area contributed by atoms with Gasteiger partial charge >= 0.3 is 0 Å². The molecule has 0 aromatic heterocycles. The Morgan fingerprint density at radius 3 is 1.68 bits per heavy atom. The smallest absolute Gasteiger partial charge is 0.154 e. The second kappa shape index (κ2) is 7.38. The Labute approximate surface area is 152 Å². The maximum absolute atomic E-state index is 9.94. The minimum Gasteiger partial charge on any atom is -0.392 e. The van der Waals surface area contributed by atoms with Crippen LogP contribution in [-0.2, 0) is 12.0 Å². The van der Waals surface area contributed by atoms with Gasteiger partial charge in [0.15, 0.2) is 8.80 Å². The third-order valence-corrected chi connectivity index (χ3v) is 7.24. The van der Waals surface area contributed by atoms with Crippen molar-refractivity contribution < 1.29 is 5.11 Å². The van der Waals surface area contributed by atoms with Gasteiger partial charge in [-0.15, -0.1) is 0 Å². The van der Waals surface area contributed by atoms with Crippen LogP contribution in [0, 0.1) is 0 Å². The minimum absolute atomic E-state index is 0.0197. The van der Waals surface area contributed by atoms with Crippen molar-refractivity contribution in [2.24, 2.45) is 0 Å². The number of rotatable bonds is 4. The molecule has 0 saturated carbocycles. The third kappa shape index (κ3) is 3.76. The van der Waals surface area contributed by atoms with Crippen LogP contribution in [0.15, 0.2) is 78.9 Å². The minimum atomic E-state index is -1.13. The summed E-state index contributed by atoms with van der Waals surface area (Å²) in [6.45, 7) is 6.79. The molecule has 3 aromatic carbocycles. The Hall–Kier alpha value is -2.16. The van der Waals surface area contributed by atoms with E-state index in [2.05, 4.69) is 99.6 Å². The van der Waals surface area contributed by atoms with Crippen molar-refractivity contribution in [3.63, 3.8) is 0 Å². The van der Waals surface area contributed by atoms with Gasteiger partial charge in [-0.3, -0.25) is 0 Å². The fraction of sp³-hybridized carbons (Fsp3) is 0.217. The molecule has 0 amide bonds. The fourth-order valence-electron chi connectivity index (χ4n) is 3.51. The lowest BCUT2D eigenvalue weighted by atomic mass is 9.84. The monoisotopic (exact) mass is 345 g/mol. The molecule has 1 N–H and O–H groups in total. The summed E-state index contributed by atoms with van der Waals surface area (Å²) >= 11 is 0. The highest BCUT2D eigenvalue weighted by molar-refractivity contribution is 6.95. The summed E-state index contributed by atoms with van der Waals surface area (Å²) in [6.07, 6.45) is 0. The first-order chi connectivity index (χ1) is 12.0. The first kappa shape index (κ1) is 17.7. The van der Waals surface area contributed by atoms with E-state index in [1.165, 1.54) is 21.1 Å². The molecule has 0 heterocycles. The van der Waals surface area contributed by atoms with Gasteiger partial charge in [-0.05, 0) is 21.7 Å². The number of hydrogen-bond acceptors (Lipinski definition) is 1. The molecule has 0 atom stereocenters. The van der Waals surface area contributed by atoms with Crippen molar-refractivity contribution in [3.05, 3.63) is 90.0 Å². The largest absolute Gasteiger partial charge is 0.392 e. The Morgan fingerprint density at radius 2 is 1.24 bits per heavy atom. The Balaban J connectivity index is 2.29. The van der Waals surface area contributed by atoms with Gasteiger partial charge in [0.1, 0.15) is 0 Å². The molecule has 0 aliphatic rings. The SMILES string of the molecule is CC(C)(C)c1c(CO)cccc1[Si](c1ccccc1)c1ccccc1. The highest BCUT2D eigenvalue weighted by atomic mass is 28.3. The second-order valence-corrected chi connectivity index (χ2v) is 9.80. The van der Waals surface area contributed by atoms with E-state index in [1.54, 1.807) is 0 Å². The Morgan fingerprint density at radius 1 is 0.720 bits per heavy atom. The molecule has 0 unspecified atom stereocenters. The predicted molar refractivity (Wildman–Crippen MR) is 109 cm³/mol. The molecule has 0 aliphatic heterocycles. The summed E-state index contributed by atoms with van der Waals surface area (Å²) in [5.74, 6) is 0. The predicted octanol–water partition coefficient (Wildman–Crippen LogP) is 2.99. The molecule has 0 bridgehead atoms. The van der Waals surface area contributed by atoms with E-state index in [0.29, 0.717) is 0 Å². The lowest BCUT2D eigenvalue weighted by Crippen LogP contribution is -2.54. The molecule has 1 nitrogen and oxygen atoms in total. The van der Waals surface area contributed by atoms with Gasteiger partial charge in [0, 0.05) is 0 Å². The van der Waals surface area contributed by atoms with Crippen LogP contribution in [0.4, 0.5) is 0 Å². The topological polar surface area (TPSA) is 20.2 Å². The average molecular weight is 346 g/mol. The lowest BCUT2D eigenvalue weighted by molar-refractivity contribution is 0.278. The van der Waals surface area contributed by atoms with Gasteiger partial charge in [-0.1, -0.05) is 110 Å². The van der Waals surface area contributed by atoms with Crippen molar-refractivity contribution in [3.8, 4) is 0 Å². The van der Waals surface area contributed by atoms with Crippen LogP contribution in [0.25, 0.3) is 0 Å². The molecule has 1 radical (unpaired) electrons. The van der Waals surface area contributed by atoms with Crippen LogP contribution >= 0.6 is 0 Å². The van der Waals surface area contributed by atoms with Crippen LogP contribution in [-0.4, -0.2) is 13.9 Å². The van der Waals surface area contributed by atoms with E-state index in [-0.39, 0.29) is 12.0 Å². The molecular weight excluding hydrogens is 320 g/mol. The van der Waals surface area contributed by atoms with Crippen molar-refractivity contribution in [2.75, 3.05) is 0 Å². The maximum Gasteiger partial charge on any atom is 0.154 e. The standard InChI is InChI=1S/C23H25OSi/c1-23(2,3)22-18(17-24)11-10-16-21(22)25(19-12-6-4-7-13-19)20-14-8-5-9-15-20/h4-16,24H,17H2,1-3H3.